The first-order valence-corrected chi connectivity index (χ1v) is 13.7. The van der Waals surface area contributed by atoms with Gasteiger partial charge in [0.05, 0.1) is 16.5 Å². The first-order chi connectivity index (χ1) is 15.7. The molecule has 0 aliphatic carbocycles. The summed E-state index contributed by atoms with van der Waals surface area (Å²) in [4.78, 5) is 6.75. The standard InChI is InChI=1S/C26H29N2O3S2/c1-18(2)24-17-31-26(27-24)23-7-5-6-8-25(23)32(21-13-9-19(3)10-14-21)28-33(29,30)22-15-11-20(4)12-16-22/h5-16,18,24,28H,17H2,1-4H3/q+1/t24-,32?/m1/s1. The molecule has 2 atom stereocenters. The van der Waals surface area contributed by atoms with E-state index in [1.165, 1.54) is 0 Å². The Kier molecular flexibility index (Phi) is 6.93. The smallest absolute Gasteiger partial charge is 0.280 e. The Balaban J connectivity index is 1.80. The van der Waals surface area contributed by atoms with Gasteiger partial charge in [0.25, 0.3) is 10.0 Å². The van der Waals surface area contributed by atoms with Crippen LogP contribution in [-0.4, -0.2) is 27.0 Å². The van der Waals surface area contributed by atoms with E-state index in [-0.39, 0.29) is 10.9 Å². The van der Waals surface area contributed by atoms with Crippen LogP contribution in [0, 0.1) is 19.8 Å². The summed E-state index contributed by atoms with van der Waals surface area (Å²) in [5.41, 5.74) is 2.93. The Hall–Kier alpha value is -2.61. The van der Waals surface area contributed by atoms with Crippen LogP contribution in [0.25, 0.3) is 0 Å². The Labute approximate surface area is 199 Å². The van der Waals surface area contributed by atoms with Crippen molar-refractivity contribution in [3.05, 3.63) is 89.5 Å². The van der Waals surface area contributed by atoms with E-state index < -0.39 is 21.1 Å². The Morgan fingerprint density at radius 3 is 2.15 bits per heavy atom. The predicted octanol–water partition coefficient (Wildman–Crippen LogP) is 5.03. The lowest BCUT2D eigenvalue weighted by Gasteiger charge is -2.13. The molecule has 5 nitrogen and oxygen atoms in total. The average Bonchev–Trinajstić information content (AvgIpc) is 3.29. The molecule has 33 heavy (non-hydrogen) atoms. The fraction of sp³-hybridized carbons (Fsp3) is 0.269. The van der Waals surface area contributed by atoms with Gasteiger partial charge in [-0.25, -0.2) is 13.4 Å². The monoisotopic (exact) mass is 481 g/mol. The molecule has 4 rings (SSSR count). The molecule has 1 N–H and O–H groups in total. The second kappa shape index (κ2) is 9.71. The second-order valence-corrected chi connectivity index (χ2v) is 12.2. The molecule has 0 amide bonds. The van der Waals surface area contributed by atoms with Gasteiger partial charge in [-0.1, -0.05) is 61.4 Å². The number of aliphatic imine (C=N–C) groups is 1. The van der Waals surface area contributed by atoms with Gasteiger partial charge in [-0.05, 0) is 60.3 Å². The third-order valence-corrected chi connectivity index (χ3v) is 9.54. The summed E-state index contributed by atoms with van der Waals surface area (Å²) in [5.74, 6) is 0.938. The molecule has 0 radical (unpaired) electrons. The van der Waals surface area contributed by atoms with Gasteiger partial charge in [-0.15, -0.1) is 0 Å². The molecule has 0 saturated heterocycles. The zero-order valence-electron chi connectivity index (χ0n) is 19.3. The van der Waals surface area contributed by atoms with Gasteiger partial charge < -0.3 is 4.74 Å². The summed E-state index contributed by atoms with van der Waals surface area (Å²) in [7, 11) is -3.77. The van der Waals surface area contributed by atoms with E-state index in [2.05, 4.69) is 18.0 Å². The van der Waals surface area contributed by atoms with Crippen LogP contribution in [0.1, 0.15) is 30.5 Å². The highest BCUT2D eigenvalue weighted by Crippen LogP contribution is 2.29. The van der Waals surface area contributed by atoms with Crippen molar-refractivity contribution in [2.75, 3.05) is 6.61 Å². The minimum Gasteiger partial charge on any atom is -0.475 e. The molecule has 172 valence electrons. The minimum atomic E-state index is -3.77. The van der Waals surface area contributed by atoms with E-state index in [1.807, 2.05) is 62.4 Å². The Morgan fingerprint density at radius 1 is 0.939 bits per heavy atom. The van der Waals surface area contributed by atoms with Gasteiger partial charge in [-0.3, -0.25) is 0 Å². The van der Waals surface area contributed by atoms with Gasteiger partial charge in [0, 0.05) is 0 Å². The molecule has 3 aromatic rings. The molecule has 1 heterocycles. The van der Waals surface area contributed by atoms with Crippen LogP contribution < -0.4 is 4.13 Å². The van der Waals surface area contributed by atoms with Crippen LogP contribution in [0.5, 0.6) is 0 Å². The first-order valence-electron chi connectivity index (χ1n) is 10.9. The van der Waals surface area contributed by atoms with Gasteiger partial charge in [0.1, 0.15) is 6.61 Å². The molecular weight excluding hydrogens is 452 g/mol. The van der Waals surface area contributed by atoms with Crippen molar-refractivity contribution in [3.8, 4) is 0 Å². The normalized spacial score (nSPS) is 17.0. The zero-order valence-corrected chi connectivity index (χ0v) is 20.9. The summed E-state index contributed by atoms with van der Waals surface area (Å²) < 4.78 is 35.7. The van der Waals surface area contributed by atoms with E-state index in [9.17, 15) is 8.42 Å². The largest absolute Gasteiger partial charge is 0.475 e. The molecule has 0 saturated carbocycles. The molecule has 7 heteroatoms. The number of aryl methyl sites for hydroxylation is 2. The lowest BCUT2D eigenvalue weighted by atomic mass is 10.1. The van der Waals surface area contributed by atoms with E-state index in [0.717, 1.165) is 26.5 Å². The lowest BCUT2D eigenvalue weighted by Crippen LogP contribution is -2.32. The van der Waals surface area contributed by atoms with Gasteiger partial charge >= 0.3 is 0 Å². The number of nitrogens with one attached hydrogen (secondary N) is 1. The number of hydrogen-bond acceptors (Lipinski definition) is 4. The number of benzene rings is 3. The number of rotatable bonds is 7. The SMILES string of the molecule is Cc1ccc([S+](NS(=O)(=O)c2ccc(C)cc2)c2ccccc2C2=N[C@@H](C(C)C)CO2)cc1. The quantitative estimate of drug-likeness (QED) is 0.481. The molecule has 1 aliphatic rings. The third kappa shape index (κ3) is 5.32. The van der Waals surface area contributed by atoms with Crippen molar-refractivity contribution in [3.63, 3.8) is 0 Å². The van der Waals surface area contributed by atoms with E-state index in [1.54, 1.807) is 24.3 Å². The summed E-state index contributed by atoms with van der Waals surface area (Å²) >= 11 is -0.963. The van der Waals surface area contributed by atoms with Crippen LogP contribution in [0.4, 0.5) is 0 Å². The molecule has 0 spiro atoms. The maximum atomic E-state index is 13.4. The first kappa shape index (κ1) is 23.5. The van der Waals surface area contributed by atoms with Crippen molar-refractivity contribution in [2.24, 2.45) is 10.9 Å². The molecule has 1 unspecified atom stereocenters. The van der Waals surface area contributed by atoms with Crippen molar-refractivity contribution in [2.45, 2.75) is 48.4 Å². The highest BCUT2D eigenvalue weighted by atomic mass is 32.3. The van der Waals surface area contributed by atoms with Crippen LogP contribution in [0.2, 0.25) is 0 Å². The topological polar surface area (TPSA) is 67.8 Å². The third-order valence-electron chi connectivity index (χ3n) is 5.56. The molecule has 0 bridgehead atoms. The fourth-order valence-corrected chi connectivity index (χ4v) is 7.22. The minimum absolute atomic E-state index is 0.0958. The van der Waals surface area contributed by atoms with Crippen molar-refractivity contribution in [1.29, 1.82) is 0 Å². The van der Waals surface area contributed by atoms with Gasteiger partial charge in [-0.2, -0.15) is 0 Å². The summed E-state index contributed by atoms with van der Waals surface area (Å²) in [6.07, 6.45) is 0. The van der Waals surface area contributed by atoms with Gasteiger partial charge in [0.15, 0.2) is 20.9 Å². The number of sulfonamides is 1. The van der Waals surface area contributed by atoms with E-state index >= 15 is 0 Å². The van der Waals surface area contributed by atoms with Crippen LogP contribution in [0.15, 0.2) is 92.5 Å². The Bertz CT molecular complexity index is 1250. The lowest BCUT2D eigenvalue weighted by molar-refractivity contribution is 0.291. The number of ether oxygens (including phenoxy) is 1. The zero-order chi connectivity index (χ0) is 23.6. The maximum absolute atomic E-state index is 13.4. The van der Waals surface area contributed by atoms with Gasteiger partial charge in [0.2, 0.25) is 5.90 Å². The number of hydrogen-bond donors (Lipinski definition) is 1. The highest BCUT2D eigenvalue weighted by molar-refractivity contribution is 8.07. The van der Waals surface area contributed by atoms with E-state index in [0.29, 0.717) is 18.4 Å². The number of nitrogens with zero attached hydrogens (tertiary/aromatic N) is 1. The van der Waals surface area contributed by atoms with Crippen molar-refractivity contribution < 1.29 is 13.2 Å². The van der Waals surface area contributed by atoms with E-state index in [4.69, 9.17) is 9.73 Å². The summed E-state index contributed by atoms with van der Waals surface area (Å²) in [5, 5.41) is 0. The summed E-state index contributed by atoms with van der Waals surface area (Å²) in [6.45, 7) is 8.73. The summed E-state index contributed by atoms with van der Waals surface area (Å²) in [6, 6.07) is 22.7. The Morgan fingerprint density at radius 2 is 1.55 bits per heavy atom. The maximum Gasteiger partial charge on any atom is 0.280 e. The van der Waals surface area contributed by atoms with Crippen LogP contribution in [-0.2, 0) is 25.8 Å². The van der Waals surface area contributed by atoms with Crippen LogP contribution in [0.3, 0.4) is 0 Å². The molecule has 0 fully saturated rings. The molecule has 0 aromatic heterocycles. The molecule has 3 aromatic carbocycles. The average molecular weight is 482 g/mol. The highest BCUT2D eigenvalue weighted by Gasteiger charge is 2.37. The molecular formula is C26H29N2O3S2+. The van der Waals surface area contributed by atoms with Crippen LogP contribution >= 0.6 is 0 Å². The van der Waals surface area contributed by atoms with Crippen molar-refractivity contribution in [1.82, 2.24) is 4.13 Å². The molecule has 1 aliphatic heterocycles. The predicted molar refractivity (Wildman–Crippen MR) is 134 cm³/mol. The second-order valence-electron chi connectivity index (χ2n) is 8.57. The van der Waals surface area contributed by atoms with Crippen molar-refractivity contribution >= 4 is 27.0 Å². The fourth-order valence-electron chi connectivity index (χ4n) is 3.47.